The van der Waals surface area contributed by atoms with Crippen LogP contribution in [-0.2, 0) is 17.5 Å². The molecule has 0 saturated heterocycles. The molecule has 9 heteroatoms. The molecule has 42 heavy (non-hydrogen) atoms. The number of alkyl halides is 3. The van der Waals surface area contributed by atoms with Crippen LogP contribution in [0.25, 0.3) is 3.59 Å². The number of hydrogen-bond acceptors (Lipinski definition) is 4. The maximum atomic E-state index is 13.3. The molecule has 0 fully saturated rings. The molecule has 0 saturated carbocycles. The SMILES string of the molecule is CCC[CH2][Sn]([CH2]CCC)([CH2]CCC)/[C](=C/CCCC(=O)NCc1ccc(OC)cc1OC)c1ccc(C(F)(F)F)cn1. The fourth-order valence-corrected chi connectivity index (χ4v) is 22.3. The minimum atomic E-state index is -4.41. The van der Waals surface area contributed by atoms with E-state index >= 15 is 0 Å². The predicted octanol–water partition coefficient (Wildman–Crippen LogP) is 9.38. The van der Waals surface area contributed by atoms with Gasteiger partial charge in [0.1, 0.15) is 0 Å². The normalized spacial score (nSPS) is 12.3. The zero-order valence-corrected chi connectivity index (χ0v) is 28.9. The average Bonchev–Trinajstić information content (AvgIpc) is 2.99. The second kappa shape index (κ2) is 18.4. The number of amides is 1. The van der Waals surface area contributed by atoms with Crippen LogP contribution in [0.1, 0.15) is 95.4 Å². The summed E-state index contributed by atoms with van der Waals surface area (Å²) in [5.41, 5.74) is 0.856. The molecule has 1 N–H and O–H groups in total. The van der Waals surface area contributed by atoms with Crippen molar-refractivity contribution in [1.29, 1.82) is 0 Å². The van der Waals surface area contributed by atoms with Gasteiger partial charge in [-0.05, 0) is 0 Å². The summed E-state index contributed by atoms with van der Waals surface area (Å²) in [6.07, 6.45) is 7.25. The van der Waals surface area contributed by atoms with Crippen LogP contribution in [-0.4, -0.2) is 43.5 Å². The number of ether oxygens (including phenoxy) is 2. The van der Waals surface area contributed by atoms with Crippen molar-refractivity contribution in [3.05, 3.63) is 59.4 Å². The second-order valence-electron chi connectivity index (χ2n) is 11.0. The quantitative estimate of drug-likeness (QED) is 0.117. The standard InChI is InChI=1S/C21H22F3N2O3.3C4H9.Sn/c1-28-18-11-8-15(19(12-18)29-2)13-26-20(27)7-5-3-4-6-17-10-9-16(14-25-17)21(22,23)24;3*1-3-4-2;/h4,8-12,14H,3,5,7,13H2,1-2H3,(H,26,27);3*1,3-4H2,2H3;. The van der Waals surface area contributed by atoms with Gasteiger partial charge in [-0.25, -0.2) is 0 Å². The monoisotopic (exact) mass is 698 g/mol. The average molecular weight is 697 g/mol. The number of halogens is 3. The van der Waals surface area contributed by atoms with Gasteiger partial charge in [-0.2, -0.15) is 0 Å². The number of aromatic nitrogens is 1. The van der Waals surface area contributed by atoms with Crippen LogP contribution in [0.4, 0.5) is 13.2 Å². The molecule has 1 aromatic carbocycles. The molecule has 0 aliphatic rings. The Hall–Kier alpha value is -2.23. The Morgan fingerprint density at radius 1 is 0.929 bits per heavy atom. The Bertz CT molecular complexity index is 1100. The molecule has 2 rings (SSSR count). The van der Waals surface area contributed by atoms with Crippen molar-refractivity contribution < 1.29 is 27.4 Å². The number of unbranched alkanes of at least 4 members (excludes halogenated alkanes) is 4. The molecule has 1 amide bonds. The Morgan fingerprint density at radius 2 is 1.57 bits per heavy atom. The summed E-state index contributed by atoms with van der Waals surface area (Å²) >= 11 is -3.03. The molecular formula is C33H49F3N2O3Sn. The van der Waals surface area contributed by atoms with E-state index in [2.05, 4.69) is 37.1 Å². The van der Waals surface area contributed by atoms with E-state index < -0.39 is 30.1 Å². The number of carbonyl (C=O) groups excluding carboxylic acids is 1. The summed E-state index contributed by atoms with van der Waals surface area (Å²) in [6, 6.07) is 8.25. The zero-order valence-electron chi connectivity index (χ0n) is 26.0. The van der Waals surface area contributed by atoms with Gasteiger partial charge in [-0.1, -0.05) is 0 Å². The minimum absolute atomic E-state index is 0.0480. The molecule has 1 aromatic heterocycles. The van der Waals surface area contributed by atoms with Crippen molar-refractivity contribution in [2.45, 2.75) is 105 Å². The van der Waals surface area contributed by atoms with Gasteiger partial charge >= 0.3 is 244 Å². The molecule has 5 nitrogen and oxygen atoms in total. The zero-order chi connectivity index (χ0) is 31.0. The Morgan fingerprint density at radius 3 is 2.07 bits per heavy atom. The van der Waals surface area contributed by atoms with E-state index in [-0.39, 0.29) is 5.91 Å². The van der Waals surface area contributed by atoms with E-state index in [1.165, 1.54) is 23.0 Å². The molecule has 234 valence electrons. The van der Waals surface area contributed by atoms with Crippen LogP contribution >= 0.6 is 0 Å². The Labute approximate surface area is 254 Å². The van der Waals surface area contributed by atoms with Crippen LogP contribution < -0.4 is 14.8 Å². The number of pyridine rings is 1. The van der Waals surface area contributed by atoms with Crippen molar-refractivity contribution in [2.75, 3.05) is 14.2 Å². The summed E-state index contributed by atoms with van der Waals surface area (Å²) in [7, 11) is 3.18. The van der Waals surface area contributed by atoms with Crippen molar-refractivity contribution >= 4 is 27.9 Å². The van der Waals surface area contributed by atoms with Gasteiger partial charge in [0.25, 0.3) is 0 Å². The third-order valence-electron chi connectivity index (χ3n) is 7.89. The number of hydrogen-bond donors (Lipinski definition) is 1. The molecule has 0 atom stereocenters. The first-order valence-electron chi connectivity index (χ1n) is 15.4. The van der Waals surface area contributed by atoms with Gasteiger partial charge in [0, 0.05) is 0 Å². The fraction of sp³-hybridized carbons (Fsp3) is 0.576. The number of allylic oxidation sites excluding steroid dienone is 1. The van der Waals surface area contributed by atoms with Gasteiger partial charge < -0.3 is 4.74 Å². The van der Waals surface area contributed by atoms with Gasteiger partial charge in [0.05, 0.1) is 7.11 Å². The summed E-state index contributed by atoms with van der Waals surface area (Å²) in [5.74, 6) is 1.29. The number of benzene rings is 1. The van der Waals surface area contributed by atoms with Crippen LogP contribution in [0, 0.1) is 0 Å². The van der Waals surface area contributed by atoms with Gasteiger partial charge in [0.15, 0.2) is 0 Å². The number of nitrogens with zero attached hydrogens (tertiary/aromatic N) is 1. The van der Waals surface area contributed by atoms with E-state index in [0.29, 0.717) is 43.0 Å². The summed E-state index contributed by atoms with van der Waals surface area (Å²) < 4.78 is 55.5. The Balaban J connectivity index is 2.26. The molecule has 0 aliphatic heterocycles. The van der Waals surface area contributed by atoms with Crippen molar-refractivity contribution in [3.63, 3.8) is 0 Å². The molecule has 2 aromatic rings. The van der Waals surface area contributed by atoms with Gasteiger partial charge in [-0.3, -0.25) is 0 Å². The molecule has 0 unspecified atom stereocenters. The maximum absolute atomic E-state index is 13.3. The third-order valence-corrected chi connectivity index (χ3v) is 23.7. The van der Waals surface area contributed by atoms with Crippen LogP contribution in [0.2, 0.25) is 13.3 Å². The number of rotatable bonds is 19. The van der Waals surface area contributed by atoms with Gasteiger partial charge in [-0.15, -0.1) is 0 Å². The topological polar surface area (TPSA) is 60.5 Å². The number of methoxy groups -OCH3 is 2. The molecule has 0 bridgehead atoms. The first kappa shape index (κ1) is 36.0. The molecule has 1 heterocycles. The fourth-order valence-electron chi connectivity index (χ4n) is 5.43. The van der Waals surface area contributed by atoms with E-state index in [1.54, 1.807) is 26.4 Å². The van der Waals surface area contributed by atoms with Crippen LogP contribution in [0.5, 0.6) is 11.5 Å². The van der Waals surface area contributed by atoms with E-state index in [9.17, 15) is 18.0 Å². The summed E-state index contributed by atoms with van der Waals surface area (Å²) in [6.45, 7) is 6.97. The molecule has 0 aliphatic carbocycles. The second-order valence-corrected chi connectivity index (χ2v) is 24.1. The first-order valence-corrected chi connectivity index (χ1v) is 22.8. The van der Waals surface area contributed by atoms with Crippen molar-refractivity contribution in [3.8, 4) is 11.5 Å². The molecular weight excluding hydrogens is 648 g/mol. The van der Waals surface area contributed by atoms with Crippen molar-refractivity contribution in [2.24, 2.45) is 0 Å². The van der Waals surface area contributed by atoms with E-state index in [4.69, 9.17) is 9.47 Å². The predicted molar refractivity (Wildman–Crippen MR) is 167 cm³/mol. The summed E-state index contributed by atoms with van der Waals surface area (Å²) in [4.78, 5) is 17.1. The Kier molecular flexibility index (Phi) is 15.8. The first-order chi connectivity index (χ1) is 20.1. The molecule has 0 spiro atoms. The third kappa shape index (κ3) is 11.1. The van der Waals surface area contributed by atoms with Crippen molar-refractivity contribution in [1.82, 2.24) is 10.3 Å². The van der Waals surface area contributed by atoms with Crippen LogP contribution in [0.15, 0.2) is 42.6 Å². The number of carbonyl (C=O) groups is 1. The van der Waals surface area contributed by atoms with Gasteiger partial charge in [0.2, 0.25) is 0 Å². The van der Waals surface area contributed by atoms with E-state index in [0.717, 1.165) is 50.3 Å². The molecule has 0 radical (unpaired) electrons. The summed E-state index contributed by atoms with van der Waals surface area (Å²) in [5, 5.41) is 2.98. The van der Waals surface area contributed by atoms with Crippen LogP contribution in [0.3, 0.4) is 0 Å². The number of nitrogens with one attached hydrogen (secondary N) is 1. The van der Waals surface area contributed by atoms with E-state index in [1.807, 2.05) is 12.1 Å².